The van der Waals surface area contributed by atoms with Gasteiger partial charge in [-0.25, -0.2) is 5.84 Å². The highest BCUT2D eigenvalue weighted by atomic mass is 35.5. The lowest BCUT2D eigenvalue weighted by molar-refractivity contribution is -0.135. The maximum absolute atomic E-state index is 11.1. The molecule has 17 heavy (non-hydrogen) atoms. The number of benzene rings is 1. The highest BCUT2D eigenvalue weighted by molar-refractivity contribution is 6.31. The molecule has 0 heterocycles. The summed E-state index contributed by atoms with van der Waals surface area (Å²) in [7, 11) is 3.03. The minimum atomic E-state index is -0.297. The Bertz CT molecular complexity index is 396. The molecule has 1 amide bonds. The van der Waals surface area contributed by atoms with Crippen molar-refractivity contribution in [2.24, 2.45) is 5.84 Å². The molecular weight excluding hydrogens is 244 g/mol. The molecule has 0 saturated carbocycles. The third-order valence-corrected chi connectivity index (χ3v) is 2.49. The van der Waals surface area contributed by atoms with E-state index in [2.05, 4.69) is 0 Å². The molecule has 0 unspecified atom stereocenters. The number of nitrogens with two attached hydrogens (primary N) is 1. The van der Waals surface area contributed by atoms with Crippen molar-refractivity contribution < 1.29 is 14.3 Å². The Labute approximate surface area is 105 Å². The van der Waals surface area contributed by atoms with E-state index in [4.69, 9.17) is 26.9 Å². The van der Waals surface area contributed by atoms with Crippen LogP contribution in [0.15, 0.2) is 18.2 Å². The van der Waals surface area contributed by atoms with Gasteiger partial charge in [-0.15, -0.1) is 0 Å². The molecule has 0 aliphatic rings. The first kappa shape index (κ1) is 13.8. The molecule has 0 bridgehead atoms. The third kappa shape index (κ3) is 4.22. The van der Waals surface area contributed by atoms with Gasteiger partial charge in [0.2, 0.25) is 0 Å². The number of halogens is 1. The molecular formula is C11H15ClN2O3. The second-order valence-electron chi connectivity index (χ2n) is 3.45. The van der Waals surface area contributed by atoms with Crippen molar-refractivity contribution in [2.45, 2.75) is 6.61 Å². The van der Waals surface area contributed by atoms with Gasteiger partial charge in [0, 0.05) is 12.1 Å². The summed E-state index contributed by atoms with van der Waals surface area (Å²) in [5.74, 6) is 5.63. The zero-order valence-corrected chi connectivity index (χ0v) is 10.5. The Hall–Kier alpha value is -1.30. The monoisotopic (exact) mass is 258 g/mol. The number of amides is 1. The highest BCUT2D eigenvalue weighted by Crippen LogP contribution is 2.22. The van der Waals surface area contributed by atoms with Gasteiger partial charge in [0.1, 0.15) is 12.4 Å². The molecule has 0 aliphatic carbocycles. The van der Waals surface area contributed by atoms with Gasteiger partial charge in [0.05, 0.1) is 13.7 Å². The molecule has 5 nitrogen and oxygen atoms in total. The third-order valence-electron chi connectivity index (χ3n) is 2.14. The number of methoxy groups -OCH3 is 1. The zero-order chi connectivity index (χ0) is 12.8. The van der Waals surface area contributed by atoms with Crippen LogP contribution in [0, 0.1) is 0 Å². The van der Waals surface area contributed by atoms with Gasteiger partial charge in [0.25, 0.3) is 5.91 Å². The maximum Gasteiger partial charge on any atom is 0.262 e. The second kappa shape index (κ2) is 6.44. The molecule has 0 atom stereocenters. The fraction of sp³-hybridized carbons (Fsp3) is 0.364. The van der Waals surface area contributed by atoms with Crippen molar-refractivity contribution in [1.29, 1.82) is 0 Å². The summed E-state index contributed by atoms with van der Waals surface area (Å²) in [5, 5.41) is 1.52. The fourth-order valence-corrected chi connectivity index (χ4v) is 1.35. The van der Waals surface area contributed by atoms with Crippen LogP contribution in [-0.4, -0.2) is 31.7 Å². The van der Waals surface area contributed by atoms with E-state index >= 15 is 0 Å². The standard InChI is InChI=1S/C11H15ClN2O3/c1-14(13)11(15)7-17-6-8-3-4-9(16-2)5-10(8)12/h3-5H,6-7,13H2,1-2H3. The quantitative estimate of drug-likeness (QED) is 0.490. The van der Waals surface area contributed by atoms with E-state index in [0.29, 0.717) is 10.8 Å². The number of hydrazine groups is 1. The normalized spacial score (nSPS) is 10.1. The van der Waals surface area contributed by atoms with Crippen LogP contribution < -0.4 is 10.6 Å². The molecule has 0 saturated heterocycles. The summed E-state index contributed by atoms with van der Waals surface area (Å²) in [4.78, 5) is 11.1. The smallest absolute Gasteiger partial charge is 0.262 e. The van der Waals surface area contributed by atoms with Gasteiger partial charge in [-0.2, -0.15) is 0 Å². The minimum absolute atomic E-state index is 0.0740. The SMILES string of the molecule is COc1ccc(COCC(=O)N(C)N)c(Cl)c1. The van der Waals surface area contributed by atoms with Crippen LogP contribution in [0.1, 0.15) is 5.56 Å². The number of likely N-dealkylation sites (N-methyl/N-ethyl adjacent to an activating group) is 1. The van der Waals surface area contributed by atoms with Crippen molar-refractivity contribution in [1.82, 2.24) is 5.01 Å². The van der Waals surface area contributed by atoms with Crippen LogP contribution >= 0.6 is 11.6 Å². The average Bonchev–Trinajstić information content (AvgIpc) is 2.30. The van der Waals surface area contributed by atoms with Gasteiger partial charge in [-0.1, -0.05) is 17.7 Å². The predicted octanol–water partition coefficient (Wildman–Crippen LogP) is 1.20. The lowest BCUT2D eigenvalue weighted by Gasteiger charge is -2.11. The molecule has 0 aromatic heterocycles. The van der Waals surface area contributed by atoms with Crippen molar-refractivity contribution >= 4 is 17.5 Å². The summed E-state index contributed by atoms with van der Waals surface area (Å²) in [6.45, 7) is 0.178. The Balaban J connectivity index is 2.50. The van der Waals surface area contributed by atoms with Crippen LogP contribution in [-0.2, 0) is 16.1 Å². The predicted molar refractivity (Wildman–Crippen MR) is 64.6 cm³/mol. The van der Waals surface area contributed by atoms with Crippen LogP contribution in [0.5, 0.6) is 5.75 Å². The van der Waals surface area contributed by atoms with E-state index < -0.39 is 0 Å². The molecule has 0 fully saturated rings. The first-order chi connectivity index (χ1) is 8.04. The lowest BCUT2D eigenvalue weighted by atomic mass is 10.2. The topological polar surface area (TPSA) is 64.8 Å². The highest BCUT2D eigenvalue weighted by Gasteiger charge is 2.06. The molecule has 0 radical (unpaired) electrons. The second-order valence-corrected chi connectivity index (χ2v) is 3.86. The van der Waals surface area contributed by atoms with Crippen molar-refractivity contribution in [3.63, 3.8) is 0 Å². The number of ether oxygens (including phenoxy) is 2. The van der Waals surface area contributed by atoms with Crippen molar-refractivity contribution in [3.05, 3.63) is 28.8 Å². The number of carbonyl (C=O) groups excluding carboxylic acids is 1. The Morgan fingerprint density at radius 2 is 2.24 bits per heavy atom. The summed E-state index contributed by atoms with van der Waals surface area (Å²) in [6.07, 6.45) is 0. The van der Waals surface area contributed by atoms with E-state index in [1.165, 1.54) is 7.05 Å². The first-order valence-electron chi connectivity index (χ1n) is 4.96. The minimum Gasteiger partial charge on any atom is -0.497 e. The van der Waals surface area contributed by atoms with Crippen molar-refractivity contribution in [2.75, 3.05) is 20.8 Å². The lowest BCUT2D eigenvalue weighted by Crippen LogP contribution is -2.35. The molecule has 2 N–H and O–H groups in total. The Morgan fingerprint density at radius 3 is 2.76 bits per heavy atom. The average molecular weight is 259 g/mol. The Kier molecular flexibility index (Phi) is 5.21. The summed E-state index contributed by atoms with van der Waals surface area (Å²) in [6, 6.07) is 5.26. The van der Waals surface area contributed by atoms with Gasteiger partial charge < -0.3 is 9.47 Å². The molecule has 0 spiro atoms. The number of carbonyl (C=O) groups is 1. The summed E-state index contributed by atoms with van der Waals surface area (Å²) in [5.41, 5.74) is 0.792. The molecule has 1 aromatic carbocycles. The van der Waals surface area contributed by atoms with E-state index in [1.807, 2.05) is 0 Å². The van der Waals surface area contributed by atoms with Crippen LogP contribution in [0.25, 0.3) is 0 Å². The maximum atomic E-state index is 11.1. The van der Waals surface area contributed by atoms with E-state index in [1.54, 1.807) is 25.3 Å². The fourth-order valence-electron chi connectivity index (χ4n) is 1.12. The number of hydrogen-bond donors (Lipinski definition) is 1. The van der Waals surface area contributed by atoms with Gasteiger partial charge in [-0.05, 0) is 17.7 Å². The molecule has 94 valence electrons. The van der Waals surface area contributed by atoms with Crippen LogP contribution in [0.2, 0.25) is 5.02 Å². The van der Waals surface area contributed by atoms with Crippen LogP contribution in [0.4, 0.5) is 0 Å². The number of rotatable bonds is 5. The first-order valence-corrected chi connectivity index (χ1v) is 5.33. The summed E-state index contributed by atoms with van der Waals surface area (Å²) >= 11 is 6.01. The van der Waals surface area contributed by atoms with E-state index in [0.717, 1.165) is 10.6 Å². The molecule has 1 aromatic rings. The number of hydrogen-bond acceptors (Lipinski definition) is 4. The van der Waals surface area contributed by atoms with E-state index in [9.17, 15) is 4.79 Å². The van der Waals surface area contributed by atoms with Gasteiger partial charge in [0.15, 0.2) is 0 Å². The zero-order valence-electron chi connectivity index (χ0n) is 9.77. The number of nitrogens with zero attached hydrogens (tertiary/aromatic N) is 1. The molecule has 1 rings (SSSR count). The van der Waals surface area contributed by atoms with Gasteiger partial charge >= 0.3 is 0 Å². The van der Waals surface area contributed by atoms with E-state index in [-0.39, 0.29) is 19.1 Å². The molecule has 0 aliphatic heterocycles. The largest absolute Gasteiger partial charge is 0.497 e. The molecule has 6 heteroatoms. The Morgan fingerprint density at radius 1 is 1.53 bits per heavy atom. The van der Waals surface area contributed by atoms with Crippen molar-refractivity contribution in [3.8, 4) is 5.75 Å². The summed E-state index contributed by atoms with van der Waals surface area (Å²) < 4.78 is 10.2. The van der Waals surface area contributed by atoms with Gasteiger partial charge in [-0.3, -0.25) is 9.80 Å². The van der Waals surface area contributed by atoms with Crippen LogP contribution in [0.3, 0.4) is 0 Å².